The smallest absolute Gasteiger partial charge is 0.0294 e. The van der Waals surface area contributed by atoms with Crippen molar-refractivity contribution < 1.29 is 0 Å². The zero-order valence-electron chi connectivity index (χ0n) is 10.9. The summed E-state index contributed by atoms with van der Waals surface area (Å²) >= 11 is 0. The maximum atomic E-state index is 6.16. The second-order valence-electron chi connectivity index (χ2n) is 4.92. The average molecular weight is 219 g/mol. The molecule has 2 N–H and O–H groups in total. The Kier molecular flexibility index (Phi) is 5.54. The molecule has 0 aromatic heterocycles. The van der Waals surface area contributed by atoms with Gasteiger partial charge in [-0.1, -0.05) is 64.3 Å². The Bertz CT molecular complexity index is 287. The van der Waals surface area contributed by atoms with Crippen molar-refractivity contribution >= 4 is 0 Å². The zero-order valence-corrected chi connectivity index (χ0v) is 10.9. The molecule has 0 aliphatic carbocycles. The summed E-state index contributed by atoms with van der Waals surface area (Å²) in [6.45, 7) is 6.66. The van der Waals surface area contributed by atoms with Gasteiger partial charge in [-0.25, -0.2) is 0 Å². The molecule has 0 saturated carbocycles. The van der Waals surface area contributed by atoms with E-state index in [1.165, 1.54) is 30.4 Å². The summed E-state index contributed by atoms with van der Waals surface area (Å²) in [6.07, 6.45) is 4.90. The largest absolute Gasteiger partial charge is 0.324 e. The van der Waals surface area contributed by atoms with Crippen LogP contribution >= 0.6 is 0 Å². The predicted molar refractivity (Wildman–Crippen MR) is 71.6 cm³/mol. The van der Waals surface area contributed by atoms with Crippen LogP contribution in [0.5, 0.6) is 0 Å². The van der Waals surface area contributed by atoms with Crippen LogP contribution in [0.3, 0.4) is 0 Å². The van der Waals surface area contributed by atoms with Crippen molar-refractivity contribution in [1.82, 2.24) is 0 Å². The monoisotopic (exact) mass is 219 g/mol. The summed E-state index contributed by atoms with van der Waals surface area (Å²) in [6, 6.07) is 9.00. The lowest BCUT2D eigenvalue weighted by atomic mass is 9.97. The molecule has 1 heteroatoms. The molecule has 0 bridgehead atoms. The summed E-state index contributed by atoms with van der Waals surface area (Å²) in [7, 11) is 0. The van der Waals surface area contributed by atoms with Crippen molar-refractivity contribution in [3.63, 3.8) is 0 Å². The first-order valence-corrected chi connectivity index (χ1v) is 6.50. The maximum Gasteiger partial charge on any atom is 0.0294 e. The lowest BCUT2D eigenvalue weighted by molar-refractivity contribution is 0.581. The topological polar surface area (TPSA) is 26.0 Å². The third kappa shape index (κ3) is 3.97. The number of hydrogen-bond donors (Lipinski definition) is 1. The van der Waals surface area contributed by atoms with Crippen LogP contribution in [0.2, 0.25) is 0 Å². The van der Waals surface area contributed by atoms with E-state index in [4.69, 9.17) is 5.73 Å². The fraction of sp³-hybridized carbons (Fsp3) is 0.600. The molecule has 1 aromatic rings. The molecular weight excluding hydrogens is 194 g/mol. The van der Waals surface area contributed by atoms with Crippen molar-refractivity contribution in [2.24, 2.45) is 5.73 Å². The van der Waals surface area contributed by atoms with Crippen LogP contribution in [0.15, 0.2) is 24.3 Å². The van der Waals surface area contributed by atoms with Gasteiger partial charge in [0.2, 0.25) is 0 Å². The van der Waals surface area contributed by atoms with Gasteiger partial charge >= 0.3 is 0 Å². The van der Waals surface area contributed by atoms with E-state index in [1.807, 2.05) is 0 Å². The number of benzene rings is 1. The first-order valence-electron chi connectivity index (χ1n) is 6.50. The minimum atomic E-state index is 0.216. The van der Waals surface area contributed by atoms with Gasteiger partial charge in [0.15, 0.2) is 0 Å². The molecule has 0 amide bonds. The summed E-state index contributed by atoms with van der Waals surface area (Å²) < 4.78 is 0. The third-order valence-corrected chi connectivity index (χ3v) is 3.15. The Morgan fingerprint density at radius 2 is 1.56 bits per heavy atom. The highest BCUT2D eigenvalue weighted by atomic mass is 14.6. The van der Waals surface area contributed by atoms with Gasteiger partial charge in [0.1, 0.15) is 0 Å². The molecule has 90 valence electrons. The first-order chi connectivity index (χ1) is 7.65. The van der Waals surface area contributed by atoms with Gasteiger partial charge in [-0.15, -0.1) is 0 Å². The van der Waals surface area contributed by atoms with Crippen LogP contribution < -0.4 is 5.73 Å². The summed E-state index contributed by atoms with van der Waals surface area (Å²) in [5.74, 6) is 0.602. The standard InChI is InChI=1S/C15H25N/c1-4-5-6-7-15(16)14-10-8-13(9-11-14)12(2)3/h8-12,15H,4-7,16H2,1-3H3. The molecule has 1 unspecified atom stereocenters. The normalized spacial score (nSPS) is 13.1. The molecule has 1 nitrogen and oxygen atoms in total. The number of rotatable bonds is 6. The highest BCUT2D eigenvalue weighted by Crippen LogP contribution is 2.20. The fourth-order valence-electron chi connectivity index (χ4n) is 1.91. The van der Waals surface area contributed by atoms with Crippen molar-refractivity contribution in [3.05, 3.63) is 35.4 Å². The van der Waals surface area contributed by atoms with Gasteiger partial charge < -0.3 is 5.73 Å². The first kappa shape index (κ1) is 13.2. The molecule has 0 spiro atoms. The molecule has 0 heterocycles. The Morgan fingerprint density at radius 1 is 1.00 bits per heavy atom. The van der Waals surface area contributed by atoms with Gasteiger partial charge in [-0.3, -0.25) is 0 Å². The summed E-state index contributed by atoms with van der Waals surface area (Å²) in [5, 5.41) is 0. The average Bonchev–Trinajstić information content (AvgIpc) is 2.29. The molecule has 0 aliphatic heterocycles. The highest BCUT2D eigenvalue weighted by Gasteiger charge is 2.06. The van der Waals surface area contributed by atoms with E-state index >= 15 is 0 Å². The molecule has 0 radical (unpaired) electrons. The third-order valence-electron chi connectivity index (χ3n) is 3.15. The van der Waals surface area contributed by atoms with E-state index in [1.54, 1.807) is 0 Å². The van der Waals surface area contributed by atoms with E-state index in [9.17, 15) is 0 Å². The molecule has 0 fully saturated rings. The molecule has 0 aliphatic rings. The van der Waals surface area contributed by atoms with Crippen LogP contribution in [0.25, 0.3) is 0 Å². The van der Waals surface area contributed by atoms with Gasteiger partial charge in [0.25, 0.3) is 0 Å². The van der Waals surface area contributed by atoms with Crippen LogP contribution in [-0.2, 0) is 0 Å². The van der Waals surface area contributed by atoms with Crippen molar-refractivity contribution in [2.75, 3.05) is 0 Å². The molecule has 1 rings (SSSR count). The van der Waals surface area contributed by atoms with E-state index in [0.717, 1.165) is 6.42 Å². The number of hydrogen-bond acceptors (Lipinski definition) is 1. The molecule has 1 atom stereocenters. The summed E-state index contributed by atoms with van der Waals surface area (Å²) in [4.78, 5) is 0. The summed E-state index contributed by atoms with van der Waals surface area (Å²) in [5.41, 5.74) is 8.83. The van der Waals surface area contributed by atoms with E-state index in [2.05, 4.69) is 45.0 Å². The zero-order chi connectivity index (χ0) is 12.0. The number of unbranched alkanes of at least 4 members (excludes halogenated alkanes) is 2. The van der Waals surface area contributed by atoms with Crippen LogP contribution in [0.4, 0.5) is 0 Å². The van der Waals surface area contributed by atoms with Gasteiger partial charge in [0.05, 0.1) is 0 Å². The quantitative estimate of drug-likeness (QED) is 0.705. The van der Waals surface area contributed by atoms with E-state index < -0.39 is 0 Å². The van der Waals surface area contributed by atoms with Gasteiger partial charge in [0, 0.05) is 6.04 Å². The minimum absolute atomic E-state index is 0.216. The fourth-order valence-corrected chi connectivity index (χ4v) is 1.91. The maximum absolute atomic E-state index is 6.16. The van der Waals surface area contributed by atoms with E-state index in [0.29, 0.717) is 5.92 Å². The lowest BCUT2D eigenvalue weighted by Crippen LogP contribution is -2.10. The van der Waals surface area contributed by atoms with Crippen molar-refractivity contribution in [1.29, 1.82) is 0 Å². The molecule has 1 aromatic carbocycles. The predicted octanol–water partition coefficient (Wildman–Crippen LogP) is 4.39. The number of nitrogens with two attached hydrogens (primary N) is 1. The van der Waals surface area contributed by atoms with Crippen LogP contribution in [0, 0.1) is 0 Å². The SMILES string of the molecule is CCCCCC(N)c1ccc(C(C)C)cc1. The van der Waals surface area contributed by atoms with Gasteiger partial charge in [-0.05, 0) is 23.5 Å². The van der Waals surface area contributed by atoms with Crippen LogP contribution in [0.1, 0.15) is 69.5 Å². The van der Waals surface area contributed by atoms with Crippen molar-refractivity contribution in [2.45, 2.75) is 58.4 Å². The Balaban J connectivity index is 2.52. The van der Waals surface area contributed by atoms with Gasteiger partial charge in [-0.2, -0.15) is 0 Å². The van der Waals surface area contributed by atoms with E-state index in [-0.39, 0.29) is 6.04 Å². The van der Waals surface area contributed by atoms with Crippen LogP contribution in [-0.4, -0.2) is 0 Å². The Labute approximate surface area is 100 Å². The lowest BCUT2D eigenvalue weighted by Gasteiger charge is -2.13. The second kappa shape index (κ2) is 6.70. The molecule has 16 heavy (non-hydrogen) atoms. The van der Waals surface area contributed by atoms with Crippen molar-refractivity contribution in [3.8, 4) is 0 Å². The minimum Gasteiger partial charge on any atom is -0.324 e. The Morgan fingerprint density at radius 3 is 2.06 bits per heavy atom. The Hall–Kier alpha value is -0.820. The highest BCUT2D eigenvalue weighted by molar-refractivity contribution is 5.26. The second-order valence-corrected chi connectivity index (χ2v) is 4.92. The molecule has 0 saturated heterocycles. The molecular formula is C15H25N.